The molecule has 18 heavy (non-hydrogen) atoms. The molecule has 94 valence electrons. The van der Waals surface area contributed by atoms with Gasteiger partial charge in [0.1, 0.15) is 5.75 Å². The lowest BCUT2D eigenvalue weighted by Gasteiger charge is -2.07. The number of rotatable bonds is 5. The molecule has 0 heterocycles. The van der Waals surface area contributed by atoms with Gasteiger partial charge in [0.25, 0.3) is 0 Å². The van der Waals surface area contributed by atoms with E-state index in [1.807, 2.05) is 36.4 Å². The topological polar surface area (TPSA) is 46.5 Å². The lowest BCUT2D eigenvalue weighted by Crippen LogP contribution is -2.08. The quantitative estimate of drug-likeness (QED) is 0.499. The maximum Gasteiger partial charge on any atom is 0.311 e. The minimum Gasteiger partial charge on any atom is -0.426 e. The van der Waals surface area contributed by atoms with Crippen molar-refractivity contribution in [2.75, 3.05) is 6.61 Å². The predicted molar refractivity (Wildman–Crippen MR) is 70.5 cm³/mol. The number of hydrogen-bond donors (Lipinski definition) is 1. The first-order valence-electron chi connectivity index (χ1n) is 6.10. The van der Waals surface area contributed by atoms with Crippen molar-refractivity contribution >= 4 is 16.7 Å². The van der Waals surface area contributed by atoms with Crippen molar-refractivity contribution in [2.45, 2.75) is 19.3 Å². The number of fused-ring (bicyclic) bond motifs is 1. The van der Waals surface area contributed by atoms with Crippen LogP contribution in [-0.2, 0) is 4.79 Å². The number of aliphatic hydroxyl groups excluding tert-OH is 1. The Balaban J connectivity index is 2.09. The molecular formula is C15H16O3. The van der Waals surface area contributed by atoms with Crippen LogP contribution in [0.4, 0.5) is 0 Å². The van der Waals surface area contributed by atoms with Gasteiger partial charge in [0, 0.05) is 18.4 Å². The van der Waals surface area contributed by atoms with Crippen LogP contribution in [0.1, 0.15) is 19.3 Å². The molecule has 3 nitrogen and oxygen atoms in total. The molecule has 2 rings (SSSR count). The van der Waals surface area contributed by atoms with Crippen molar-refractivity contribution in [2.24, 2.45) is 0 Å². The molecule has 0 spiro atoms. The van der Waals surface area contributed by atoms with Crippen molar-refractivity contribution in [3.05, 3.63) is 42.5 Å². The number of carbonyl (C=O) groups is 1. The molecule has 0 radical (unpaired) electrons. The number of unbranched alkanes of at least 4 members (excludes halogenated alkanes) is 1. The third kappa shape index (κ3) is 3.08. The van der Waals surface area contributed by atoms with E-state index >= 15 is 0 Å². The predicted octanol–water partition coefficient (Wildman–Crippen LogP) is 2.91. The highest BCUT2D eigenvalue weighted by Crippen LogP contribution is 2.25. The van der Waals surface area contributed by atoms with Gasteiger partial charge < -0.3 is 9.84 Å². The van der Waals surface area contributed by atoms with E-state index in [4.69, 9.17) is 9.84 Å². The maximum atomic E-state index is 11.6. The second-order valence-corrected chi connectivity index (χ2v) is 4.13. The molecule has 1 N–H and O–H groups in total. The first-order chi connectivity index (χ1) is 8.81. The van der Waals surface area contributed by atoms with Crippen LogP contribution in [0.15, 0.2) is 42.5 Å². The van der Waals surface area contributed by atoms with Crippen molar-refractivity contribution < 1.29 is 14.6 Å². The van der Waals surface area contributed by atoms with Crippen LogP contribution in [-0.4, -0.2) is 17.7 Å². The zero-order chi connectivity index (χ0) is 12.8. The number of benzene rings is 2. The molecule has 0 bridgehead atoms. The fourth-order valence-electron chi connectivity index (χ4n) is 1.84. The highest BCUT2D eigenvalue weighted by atomic mass is 16.5. The molecule has 0 fully saturated rings. The average Bonchev–Trinajstić information content (AvgIpc) is 2.39. The Kier molecular flexibility index (Phi) is 4.31. The van der Waals surface area contributed by atoms with Gasteiger partial charge in [-0.3, -0.25) is 4.79 Å². The fraction of sp³-hybridized carbons (Fsp3) is 0.267. The molecule has 2 aromatic rings. The van der Waals surface area contributed by atoms with Crippen LogP contribution in [0, 0.1) is 0 Å². The molecule has 0 atom stereocenters. The molecule has 0 aliphatic carbocycles. The zero-order valence-electron chi connectivity index (χ0n) is 10.1. The molecule has 0 saturated heterocycles. The molecule has 0 aromatic heterocycles. The first-order valence-corrected chi connectivity index (χ1v) is 6.10. The van der Waals surface area contributed by atoms with E-state index in [2.05, 4.69) is 0 Å². The maximum absolute atomic E-state index is 11.6. The Bertz CT molecular complexity index is 529. The van der Waals surface area contributed by atoms with Gasteiger partial charge in [0.05, 0.1) is 0 Å². The van der Waals surface area contributed by atoms with Gasteiger partial charge >= 0.3 is 5.97 Å². The number of carbonyl (C=O) groups excluding carboxylic acids is 1. The SMILES string of the molecule is O=C(CCCCO)Oc1cccc2ccccc12. The van der Waals surface area contributed by atoms with Crippen LogP contribution >= 0.6 is 0 Å². The molecule has 0 amide bonds. The Morgan fingerprint density at radius 2 is 1.83 bits per heavy atom. The largest absolute Gasteiger partial charge is 0.426 e. The Labute approximate surface area is 106 Å². The summed E-state index contributed by atoms with van der Waals surface area (Å²) in [5.74, 6) is 0.349. The van der Waals surface area contributed by atoms with Gasteiger partial charge in [0.15, 0.2) is 0 Å². The number of esters is 1. The summed E-state index contributed by atoms with van der Waals surface area (Å²) in [5.41, 5.74) is 0. The molecular weight excluding hydrogens is 228 g/mol. The fourth-order valence-corrected chi connectivity index (χ4v) is 1.84. The van der Waals surface area contributed by atoms with Crippen molar-refractivity contribution in [1.29, 1.82) is 0 Å². The Morgan fingerprint density at radius 3 is 2.67 bits per heavy atom. The average molecular weight is 244 g/mol. The van der Waals surface area contributed by atoms with Gasteiger partial charge in [-0.1, -0.05) is 36.4 Å². The third-order valence-corrected chi connectivity index (χ3v) is 2.76. The summed E-state index contributed by atoms with van der Waals surface area (Å²) in [5, 5.41) is 10.7. The lowest BCUT2D eigenvalue weighted by molar-refractivity contribution is -0.134. The van der Waals surface area contributed by atoms with Crippen molar-refractivity contribution in [3.8, 4) is 5.75 Å². The summed E-state index contributed by atoms with van der Waals surface area (Å²) in [6.07, 6.45) is 1.62. The third-order valence-electron chi connectivity index (χ3n) is 2.76. The van der Waals surface area contributed by atoms with Crippen LogP contribution in [0.25, 0.3) is 10.8 Å². The first kappa shape index (κ1) is 12.6. The second kappa shape index (κ2) is 6.17. The Hall–Kier alpha value is -1.87. The smallest absolute Gasteiger partial charge is 0.311 e. The van der Waals surface area contributed by atoms with Crippen LogP contribution in [0.5, 0.6) is 5.75 Å². The van der Waals surface area contributed by atoms with Gasteiger partial charge in [-0.25, -0.2) is 0 Å². The number of ether oxygens (including phenoxy) is 1. The summed E-state index contributed by atoms with van der Waals surface area (Å²) in [7, 11) is 0. The minimum absolute atomic E-state index is 0.113. The normalized spacial score (nSPS) is 10.5. The van der Waals surface area contributed by atoms with Gasteiger partial charge in [-0.15, -0.1) is 0 Å². The van der Waals surface area contributed by atoms with Crippen LogP contribution < -0.4 is 4.74 Å². The second-order valence-electron chi connectivity index (χ2n) is 4.13. The van der Waals surface area contributed by atoms with E-state index in [1.165, 1.54) is 0 Å². The molecule has 0 aliphatic rings. The monoisotopic (exact) mass is 244 g/mol. The van der Waals surface area contributed by atoms with Gasteiger partial charge in [-0.2, -0.15) is 0 Å². The van der Waals surface area contributed by atoms with Crippen LogP contribution in [0.3, 0.4) is 0 Å². The zero-order valence-corrected chi connectivity index (χ0v) is 10.1. The van der Waals surface area contributed by atoms with Gasteiger partial charge in [0.2, 0.25) is 0 Å². The highest BCUT2D eigenvalue weighted by Gasteiger charge is 2.07. The molecule has 0 unspecified atom stereocenters. The minimum atomic E-state index is -0.250. The van der Waals surface area contributed by atoms with E-state index in [-0.39, 0.29) is 12.6 Å². The highest BCUT2D eigenvalue weighted by molar-refractivity contribution is 5.90. The van der Waals surface area contributed by atoms with E-state index < -0.39 is 0 Å². The summed E-state index contributed by atoms with van der Waals surface area (Å²) >= 11 is 0. The molecule has 0 saturated carbocycles. The van der Waals surface area contributed by atoms with Crippen molar-refractivity contribution in [1.82, 2.24) is 0 Å². The number of aliphatic hydroxyl groups is 1. The van der Waals surface area contributed by atoms with E-state index in [1.54, 1.807) is 6.07 Å². The van der Waals surface area contributed by atoms with Crippen molar-refractivity contribution in [3.63, 3.8) is 0 Å². The summed E-state index contributed by atoms with van der Waals surface area (Å²) in [6, 6.07) is 13.5. The summed E-state index contributed by atoms with van der Waals surface area (Å²) in [4.78, 5) is 11.6. The Morgan fingerprint density at radius 1 is 1.06 bits per heavy atom. The van der Waals surface area contributed by atoms with Gasteiger partial charge in [-0.05, 0) is 24.3 Å². The van der Waals surface area contributed by atoms with E-state index in [0.29, 0.717) is 25.0 Å². The molecule has 0 aliphatic heterocycles. The number of hydrogen-bond acceptors (Lipinski definition) is 3. The molecule has 2 aromatic carbocycles. The van der Waals surface area contributed by atoms with Crippen LogP contribution in [0.2, 0.25) is 0 Å². The lowest BCUT2D eigenvalue weighted by atomic mass is 10.1. The van der Waals surface area contributed by atoms with E-state index in [0.717, 1.165) is 10.8 Å². The standard InChI is InChI=1S/C15H16O3/c16-11-4-3-10-15(17)18-14-9-5-7-12-6-1-2-8-13(12)14/h1-2,5-9,16H,3-4,10-11H2. The molecule has 3 heteroatoms. The summed E-state index contributed by atoms with van der Waals surface area (Å²) < 4.78 is 5.35. The summed E-state index contributed by atoms with van der Waals surface area (Å²) in [6.45, 7) is 0.113. The van der Waals surface area contributed by atoms with E-state index in [9.17, 15) is 4.79 Å².